The monoisotopic (exact) mass is 293 g/mol. The number of anilines is 2. The van der Waals surface area contributed by atoms with E-state index in [0.717, 1.165) is 23.7 Å². The van der Waals surface area contributed by atoms with Crippen LogP contribution in [-0.4, -0.2) is 18.6 Å². The van der Waals surface area contributed by atoms with Crippen molar-refractivity contribution in [3.05, 3.63) is 52.9 Å². The van der Waals surface area contributed by atoms with Crippen molar-refractivity contribution in [2.45, 2.75) is 13.5 Å². The lowest BCUT2D eigenvalue weighted by Gasteiger charge is -2.23. The van der Waals surface area contributed by atoms with E-state index in [-0.39, 0.29) is 5.82 Å². The fourth-order valence-electron chi connectivity index (χ4n) is 1.95. The van der Waals surface area contributed by atoms with Crippen molar-refractivity contribution in [2.24, 2.45) is 0 Å². The van der Waals surface area contributed by atoms with Gasteiger partial charge in [-0.15, -0.1) is 0 Å². The Kier molecular flexibility index (Phi) is 4.79. The molecule has 0 fully saturated rings. The van der Waals surface area contributed by atoms with Crippen molar-refractivity contribution < 1.29 is 4.39 Å². The quantitative estimate of drug-likeness (QED) is 0.905. The highest BCUT2D eigenvalue weighted by molar-refractivity contribution is 6.31. The summed E-state index contributed by atoms with van der Waals surface area (Å²) in [5.74, 6) is 0.540. The van der Waals surface area contributed by atoms with Crippen LogP contribution in [0.3, 0.4) is 0 Å². The summed E-state index contributed by atoms with van der Waals surface area (Å²) in [5.41, 5.74) is 1.74. The summed E-state index contributed by atoms with van der Waals surface area (Å²) in [6, 6.07) is 10.1. The lowest BCUT2D eigenvalue weighted by atomic mass is 10.2. The lowest BCUT2D eigenvalue weighted by Crippen LogP contribution is -2.23. The van der Waals surface area contributed by atoms with E-state index in [9.17, 15) is 4.39 Å². The van der Waals surface area contributed by atoms with Crippen LogP contribution in [0.4, 0.5) is 15.9 Å². The molecule has 3 nitrogen and oxygen atoms in total. The third-order valence-corrected chi connectivity index (χ3v) is 3.43. The van der Waals surface area contributed by atoms with E-state index in [1.54, 1.807) is 12.1 Å². The zero-order valence-corrected chi connectivity index (χ0v) is 12.3. The minimum absolute atomic E-state index is 0.238. The maximum atomic E-state index is 13.0. The van der Waals surface area contributed by atoms with Crippen molar-refractivity contribution in [1.82, 2.24) is 4.98 Å². The minimum Gasteiger partial charge on any atom is -0.373 e. The van der Waals surface area contributed by atoms with E-state index in [1.165, 1.54) is 12.1 Å². The van der Waals surface area contributed by atoms with Crippen molar-refractivity contribution in [3.63, 3.8) is 0 Å². The smallest absolute Gasteiger partial charge is 0.126 e. The number of nitrogens with zero attached hydrogens (tertiary/aromatic N) is 2. The molecule has 1 N–H and O–H groups in total. The number of pyridine rings is 1. The highest BCUT2D eigenvalue weighted by Gasteiger charge is 2.10. The average molecular weight is 294 g/mol. The van der Waals surface area contributed by atoms with E-state index >= 15 is 0 Å². The third kappa shape index (κ3) is 3.39. The molecule has 0 aliphatic heterocycles. The predicted octanol–water partition coefficient (Wildman–Crippen LogP) is 3.94. The van der Waals surface area contributed by atoms with Crippen LogP contribution in [0.1, 0.15) is 12.6 Å². The number of hydrogen-bond donors (Lipinski definition) is 1. The van der Waals surface area contributed by atoms with Crippen LogP contribution in [0.15, 0.2) is 36.4 Å². The molecule has 0 atom stereocenters. The van der Waals surface area contributed by atoms with Crippen molar-refractivity contribution in [2.75, 3.05) is 23.8 Å². The molecule has 0 spiro atoms. The molecule has 0 saturated heterocycles. The summed E-state index contributed by atoms with van der Waals surface area (Å²) in [5, 5.41) is 3.62. The molecule has 0 aliphatic carbocycles. The van der Waals surface area contributed by atoms with E-state index in [0.29, 0.717) is 11.6 Å². The van der Waals surface area contributed by atoms with Crippen LogP contribution in [0.5, 0.6) is 0 Å². The standard InChI is InChI=1S/C15H17ClFN3/c1-3-20(12-6-4-11(17)5-7-12)10-14-13(16)8-9-15(18-2)19-14/h4-9H,3,10H2,1-2H3,(H,18,19). The number of benzene rings is 1. The molecule has 0 aliphatic rings. The van der Waals surface area contributed by atoms with Gasteiger partial charge in [0.25, 0.3) is 0 Å². The van der Waals surface area contributed by atoms with E-state index in [2.05, 4.69) is 15.2 Å². The SMILES string of the molecule is CCN(Cc1nc(NC)ccc1Cl)c1ccc(F)cc1. The Hall–Kier alpha value is -1.81. The number of aromatic nitrogens is 1. The molecular weight excluding hydrogens is 277 g/mol. The van der Waals surface area contributed by atoms with E-state index in [4.69, 9.17) is 11.6 Å². The van der Waals surface area contributed by atoms with Crippen LogP contribution < -0.4 is 10.2 Å². The summed E-state index contributed by atoms with van der Waals surface area (Å²) < 4.78 is 13.0. The molecule has 1 aromatic heterocycles. The zero-order valence-electron chi connectivity index (χ0n) is 11.5. The van der Waals surface area contributed by atoms with Gasteiger partial charge in [0.05, 0.1) is 17.3 Å². The first-order valence-electron chi connectivity index (χ1n) is 6.47. The van der Waals surface area contributed by atoms with Crippen LogP contribution in [0.2, 0.25) is 5.02 Å². The summed E-state index contributed by atoms with van der Waals surface area (Å²) >= 11 is 6.19. The van der Waals surface area contributed by atoms with Gasteiger partial charge in [-0.1, -0.05) is 11.6 Å². The molecule has 0 radical (unpaired) electrons. The first kappa shape index (κ1) is 14.6. The van der Waals surface area contributed by atoms with Gasteiger partial charge in [-0.3, -0.25) is 0 Å². The number of rotatable bonds is 5. The molecule has 0 unspecified atom stereocenters. The summed E-state index contributed by atoms with van der Waals surface area (Å²) in [4.78, 5) is 6.55. The minimum atomic E-state index is -0.238. The maximum Gasteiger partial charge on any atom is 0.126 e. The van der Waals surface area contributed by atoms with Crippen molar-refractivity contribution in [3.8, 4) is 0 Å². The first-order chi connectivity index (χ1) is 9.63. The van der Waals surface area contributed by atoms with E-state index < -0.39 is 0 Å². The van der Waals surface area contributed by atoms with Gasteiger partial charge in [0.2, 0.25) is 0 Å². The lowest BCUT2D eigenvalue weighted by molar-refractivity contribution is 0.627. The second-order valence-electron chi connectivity index (χ2n) is 4.37. The molecule has 1 aromatic carbocycles. The Morgan fingerprint density at radius 1 is 1.20 bits per heavy atom. The van der Waals surface area contributed by atoms with Gasteiger partial charge < -0.3 is 10.2 Å². The van der Waals surface area contributed by atoms with Gasteiger partial charge in [-0.2, -0.15) is 0 Å². The van der Waals surface area contributed by atoms with Crippen molar-refractivity contribution >= 4 is 23.1 Å². The molecule has 0 bridgehead atoms. The topological polar surface area (TPSA) is 28.2 Å². The number of nitrogens with one attached hydrogen (secondary N) is 1. The third-order valence-electron chi connectivity index (χ3n) is 3.09. The Morgan fingerprint density at radius 2 is 1.90 bits per heavy atom. The summed E-state index contributed by atoms with van der Waals surface area (Å²) in [6.07, 6.45) is 0. The molecular formula is C15H17ClFN3. The first-order valence-corrected chi connectivity index (χ1v) is 6.85. The Labute approximate surface area is 123 Å². The van der Waals surface area contributed by atoms with Gasteiger partial charge >= 0.3 is 0 Å². The van der Waals surface area contributed by atoms with Gasteiger partial charge in [0.15, 0.2) is 0 Å². The molecule has 106 valence electrons. The zero-order chi connectivity index (χ0) is 14.5. The molecule has 0 saturated carbocycles. The Bertz CT molecular complexity index is 572. The Morgan fingerprint density at radius 3 is 2.50 bits per heavy atom. The molecule has 2 aromatic rings. The second-order valence-corrected chi connectivity index (χ2v) is 4.77. The number of hydrogen-bond acceptors (Lipinski definition) is 3. The average Bonchev–Trinajstić information content (AvgIpc) is 2.47. The van der Waals surface area contributed by atoms with Crippen LogP contribution >= 0.6 is 11.6 Å². The van der Waals surface area contributed by atoms with E-state index in [1.807, 2.05) is 26.1 Å². The fourth-order valence-corrected chi connectivity index (χ4v) is 2.12. The predicted molar refractivity (Wildman–Crippen MR) is 81.9 cm³/mol. The largest absolute Gasteiger partial charge is 0.373 e. The second kappa shape index (κ2) is 6.57. The summed E-state index contributed by atoms with van der Waals surface area (Å²) in [7, 11) is 1.82. The molecule has 20 heavy (non-hydrogen) atoms. The van der Waals surface area contributed by atoms with Crippen LogP contribution in [-0.2, 0) is 6.54 Å². The van der Waals surface area contributed by atoms with Crippen LogP contribution in [0.25, 0.3) is 0 Å². The molecule has 0 amide bonds. The molecule has 2 rings (SSSR count). The van der Waals surface area contributed by atoms with Gasteiger partial charge in [-0.05, 0) is 43.3 Å². The molecule has 5 heteroatoms. The highest BCUT2D eigenvalue weighted by atomic mass is 35.5. The summed E-state index contributed by atoms with van der Waals surface area (Å²) in [6.45, 7) is 3.41. The highest BCUT2D eigenvalue weighted by Crippen LogP contribution is 2.22. The molecule has 1 heterocycles. The fraction of sp³-hybridized carbons (Fsp3) is 0.267. The van der Waals surface area contributed by atoms with Gasteiger partial charge in [0.1, 0.15) is 11.6 Å². The number of halogens is 2. The maximum absolute atomic E-state index is 13.0. The Balaban J connectivity index is 2.23. The van der Waals surface area contributed by atoms with Gasteiger partial charge in [0, 0.05) is 19.3 Å². The van der Waals surface area contributed by atoms with Crippen molar-refractivity contribution in [1.29, 1.82) is 0 Å². The normalized spacial score (nSPS) is 10.4. The van der Waals surface area contributed by atoms with Crippen LogP contribution in [0, 0.1) is 5.82 Å². The van der Waals surface area contributed by atoms with Gasteiger partial charge in [-0.25, -0.2) is 9.37 Å².